The highest BCUT2D eigenvalue weighted by Crippen LogP contribution is 2.15. The molecular formula is C16H21N3O. The number of ether oxygens (including phenoxy) is 1. The summed E-state index contributed by atoms with van der Waals surface area (Å²) in [7, 11) is 1.66. The maximum Gasteiger partial charge on any atom is 0.135 e. The predicted octanol–water partition coefficient (Wildman–Crippen LogP) is 2.86. The highest BCUT2D eigenvalue weighted by molar-refractivity contribution is 5.33. The molecule has 106 valence electrons. The molecule has 1 heterocycles. The van der Waals surface area contributed by atoms with E-state index in [0.29, 0.717) is 18.2 Å². The zero-order valence-corrected chi connectivity index (χ0v) is 12.3. The average molecular weight is 271 g/mol. The van der Waals surface area contributed by atoms with Gasteiger partial charge in [0.1, 0.15) is 17.4 Å². The van der Waals surface area contributed by atoms with E-state index in [1.807, 2.05) is 30.3 Å². The van der Waals surface area contributed by atoms with Gasteiger partial charge in [-0.05, 0) is 30.0 Å². The Balaban J connectivity index is 2.17. The topological polar surface area (TPSA) is 61.0 Å². The van der Waals surface area contributed by atoms with Crippen LogP contribution in [0.25, 0.3) is 0 Å². The van der Waals surface area contributed by atoms with Gasteiger partial charge in [-0.25, -0.2) is 9.97 Å². The van der Waals surface area contributed by atoms with Gasteiger partial charge in [0.25, 0.3) is 0 Å². The number of aromatic nitrogens is 2. The minimum absolute atomic E-state index is 0.541. The number of benzene rings is 1. The third-order valence-corrected chi connectivity index (χ3v) is 2.98. The number of hydrogen-bond acceptors (Lipinski definition) is 4. The van der Waals surface area contributed by atoms with Crippen molar-refractivity contribution in [2.45, 2.75) is 26.7 Å². The van der Waals surface area contributed by atoms with Crippen molar-refractivity contribution in [3.8, 4) is 5.75 Å². The Morgan fingerprint density at radius 2 is 1.85 bits per heavy atom. The van der Waals surface area contributed by atoms with Crippen molar-refractivity contribution in [3.05, 3.63) is 47.4 Å². The van der Waals surface area contributed by atoms with Crippen LogP contribution in [0.15, 0.2) is 30.3 Å². The van der Waals surface area contributed by atoms with Gasteiger partial charge in [0, 0.05) is 18.2 Å². The van der Waals surface area contributed by atoms with Crippen LogP contribution in [0.5, 0.6) is 5.75 Å². The molecule has 0 aliphatic heterocycles. The Bertz CT molecular complexity index is 564. The molecule has 0 saturated heterocycles. The number of nitrogens with two attached hydrogens (primary N) is 1. The average Bonchev–Trinajstić information content (AvgIpc) is 2.38. The second kappa shape index (κ2) is 6.37. The van der Waals surface area contributed by atoms with Gasteiger partial charge in [-0.2, -0.15) is 0 Å². The third kappa shape index (κ3) is 3.95. The summed E-state index contributed by atoms with van der Waals surface area (Å²) in [5, 5.41) is 0. The van der Waals surface area contributed by atoms with Crippen LogP contribution in [-0.2, 0) is 12.8 Å². The molecule has 0 amide bonds. The standard InChI is InChI=1S/C16H21N3O/c1-11(2)8-13-10-15(17)19-16(18-13)9-12-4-6-14(20-3)7-5-12/h4-7,10-11H,8-9H2,1-3H3,(H2,17,18,19). The summed E-state index contributed by atoms with van der Waals surface area (Å²) in [5.41, 5.74) is 8.02. The lowest BCUT2D eigenvalue weighted by atomic mass is 10.1. The fraction of sp³-hybridized carbons (Fsp3) is 0.375. The number of rotatable bonds is 5. The molecule has 0 unspecified atom stereocenters. The quantitative estimate of drug-likeness (QED) is 0.908. The molecule has 1 aromatic heterocycles. The highest BCUT2D eigenvalue weighted by Gasteiger charge is 2.06. The summed E-state index contributed by atoms with van der Waals surface area (Å²) in [6.45, 7) is 4.34. The Hall–Kier alpha value is -2.10. The predicted molar refractivity (Wildman–Crippen MR) is 80.8 cm³/mol. The first kappa shape index (κ1) is 14.3. The fourth-order valence-corrected chi connectivity index (χ4v) is 2.10. The molecule has 2 N–H and O–H groups in total. The molecule has 4 heteroatoms. The Kier molecular flexibility index (Phi) is 4.56. The second-order valence-electron chi connectivity index (χ2n) is 5.32. The molecule has 2 rings (SSSR count). The van der Waals surface area contributed by atoms with Gasteiger partial charge >= 0.3 is 0 Å². The van der Waals surface area contributed by atoms with Crippen molar-refractivity contribution in [2.24, 2.45) is 5.92 Å². The third-order valence-electron chi connectivity index (χ3n) is 2.98. The molecule has 20 heavy (non-hydrogen) atoms. The lowest BCUT2D eigenvalue weighted by Crippen LogP contribution is -2.06. The molecule has 0 aliphatic rings. The number of nitrogens with zero attached hydrogens (tertiary/aromatic N) is 2. The van der Waals surface area contributed by atoms with Crippen LogP contribution >= 0.6 is 0 Å². The molecule has 0 radical (unpaired) electrons. The van der Waals surface area contributed by atoms with E-state index >= 15 is 0 Å². The number of hydrogen-bond donors (Lipinski definition) is 1. The van der Waals surface area contributed by atoms with Gasteiger partial charge in [0.2, 0.25) is 0 Å². The van der Waals surface area contributed by atoms with Gasteiger partial charge in [0.15, 0.2) is 0 Å². The molecule has 2 aromatic rings. The summed E-state index contributed by atoms with van der Waals surface area (Å²) < 4.78 is 5.15. The maximum absolute atomic E-state index is 5.86. The first-order valence-electron chi connectivity index (χ1n) is 6.82. The number of anilines is 1. The molecule has 0 saturated carbocycles. The van der Waals surface area contributed by atoms with Gasteiger partial charge < -0.3 is 10.5 Å². The first-order valence-corrected chi connectivity index (χ1v) is 6.82. The highest BCUT2D eigenvalue weighted by atomic mass is 16.5. The van der Waals surface area contributed by atoms with Gasteiger partial charge in [-0.15, -0.1) is 0 Å². The SMILES string of the molecule is COc1ccc(Cc2nc(N)cc(CC(C)C)n2)cc1. The molecule has 0 aliphatic carbocycles. The first-order chi connectivity index (χ1) is 9.56. The monoisotopic (exact) mass is 271 g/mol. The van der Waals surface area contributed by atoms with Gasteiger partial charge in [0.05, 0.1) is 7.11 Å². The zero-order valence-electron chi connectivity index (χ0n) is 12.3. The number of nitrogen functional groups attached to an aromatic ring is 1. The maximum atomic E-state index is 5.86. The summed E-state index contributed by atoms with van der Waals surface area (Å²) in [6, 6.07) is 9.78. The van der Waals surface area contributed by atoms with Crippen molar-refractivity contribution >= 4 is 5.82 Å². The van der Waals surface area contributed by atoms with E-state index < -0.39 is 0 Å². The van der Waals surface area contributed by atoms with Crippen LogP contribution < -0.4 is 10.5 Å². The lowest BCUT2D eigenvalue weighted by Gasteiger charge is -2.08. The van der Waals surface area contributed by atoms with E-state index in [4.69, 9.17) is 10.5 Å². The van der Waals surface area contributed by atoms with E-state index in [9.17, 15) is 0 Å². The molecule has 4 nitrogen and oxygen atoms in total. The van der Waals surface area contributed by atoms with Gasteiger partial charge in [-0.3, -0.25) is 0 Å². The van der Waals surface area contributed by atoms with Crippen molar-refractivity contribution in [1.29, 1.82) is 0 Å². The van der Waals surface area contributed by atoms with E-state index in [1.54, 1.807) is 7.11 Å². The molecule has 0 spiro atoms. The van der Waals surface area contributed by atoms with Crippen molar-refractivity contribution in [3.63, 3.8) is 0 Å². The van der Waals surface area contributed by atoms with Crippen molar-refractivity contribution < 1.29 is 4.74 Å². The van der Waals surface area contributed by atoms with E-state index in [0.717, 1.165) is 29.3 Å². The van der Waals surface area contributed by atoms with Gasteiger partial charge in [-0.1, -0.05) is 26.0 Å². The lowest BCUT2D eigenvalue weighted by molar-refractivity contribution is 0.414. The van der Waals surface area contributed by atoms with Crippen LogP contribution in [0.3, 0.4) is 0 Å². The smallest absolute Gasteiger partial charge is 0.135 e. The molecule has 0 atom stereocenters. The van der Waals surface area contributed by atoms with Crippen LogP contribution in [0.2, 0.25) is 0 Å². The molecule has 0 bridgehead atoms. The minimum Gasteiger partial charge on any atom is -0.497 e. The Labute approximate surface area is 120 Å². The van der Waals surface area contributed by atoms with Crippen LogP contribution in [0.1, 0.15) is 30.9 Å². The fourth-order valence-electron chi connectivity index (χ4n) is 2.10. The van der Waals surface area contributed by atoms with E-state index in [-0.39, 0.29) is 0 Å². The molecular weight excluding hydrogens is 250 g/mol. The second-order valence-corrected chi connectivity index (χ2v) is 5.32. The van der Waals surface area contributed by atoms with Crippen LogP contribution in [-0.4, -0.2) is 17.1 Å². The zero-order chi connectivity index (χ0) is 14.5. The molecule has 1 aromatic carbocycles. The minimum atomic E-state index is 0.541. The van der Waals surface area contributed by atoms with Crippen molar-refractivity contribution in [1.82, 2.24) is 9.97 Å². The number of methoxy groups -OCH3 is 1. The Morgan fingerprint density at radius 3 is 2.45 bits per heavy atom. The summed E-state index contributed by atoms with van der Waals surface area (Å²) in [4.78, 5) is 8.90. The Morgan fingerprint density at radius 1 is 1.15 bits per heavy atom. The normalized spacial score (nSPS) is 10.8. The largest absolute Gasteiger partial charge is 0.497 e. The summed E-state index contributed by atoms with van der Waals surface area (Å²) in [6.07, 6.45) is 1.60. The van der Waals surface area contributed by atoms with Crippen LogP contribution in [0, 0.1) is 5.92 Å². The van der Waals surface area contributed by atoms with E-state index in [1.165, 1.54) is 0 Å². The van der Waals surface area contributed by atoms with Crippen molar-refractivity contribution in [2.75, 3.05) is 12.8 Å². The molecule has 0 fully saturated rings. The van der Waals surface area contributed by atoms with Crippen LogP contribution in [0.4, 0.5) is 5.82 Å². The van der Waals surface area contributed by atoms with E-state index in [2.05, 4.69) is 23.8 Å². The summed E-state index contributed by atoms with van der Waals surface area (Å²) in [5.74, 6) is 2.71. The summed E-state index contributed by atoms with van der Waals surface area (Å²) >= 11 is 0.